The van der Waals surface area contributed by atoms with Crippen LogP contribution in [0.5, 0.6) is 0 Å². The first kappa shape index (κ1) is 9.40. The Labute approximate surface area is 84.3 Å². The van der Waals surface area contributed by atoms with Crippen LogP contribution in [-0.2, 0) is 0 Å². The average molecular weight is 192 g/mol. The lowest BCUT2D eigenvalue weighted by atomic mass is 10.0. The van der Waals surface area contributed by atoms with Crippen LogP contribution in [0.15, 0.2) is 12.3 Å². The fourth-order valence-electron chi connectivity index (χ4n) is 1.78. The summed E-state index contributed by atoms with van der Waals surface area (Å²) in [7, 11) is 2.00. The fourth-order valence-corrected chi connectivity index (χ4v) is 1.78. The van der Waals surface area contributed by atoms with Crippen LogP contribution in [0.2, 0.25) is 0 Å². The quantitative estimate of drug-likeness (QED) is 0.754. The molecule has 0 aliphatic carbocycles. The highest BCUT2D eigenvalue weighted by Crippen LogP contribution is 2.21. The average Bonchev–Trinajstić information content (AvgIpc) is 2.10. The van der Waals surface area contributed by atoms with Gasteiger partial charge in [-0.05, 0) is 25.6 Å². The minimum Gasteiger partial charge on any atom is -0.354 e. The van der Waals surface area contributed by atoms with E-state index in [0.29, 0.717) is 0 Å². The molecule has 4 heteroatoms. The minimum atomic E-state index is 0.766. The van der Waals surface area contributed by atoms with Crippen LogP contribution in [0.25, 0.3) is 0 Å². The van der Waals surface area contributed by atoms with Gasteiger partial charge < -0.3 is 10.2 Å². The SMILES string of the molecule is CNCC1CN(c2cc(C)cnn2)C1. The van der Waals surface area contributed by atoms with E-state index in [0.717, 1.165) is 31.4 Å². The Balaban J connectivity index is 1.93. The third-order valence-corrected chi connectivity index (χ3v) is 2.55. The molecule has 0 spiro atoms. The number of nitrogens with zero attached hydrogens (tertiary/aromatic N) is 3. The molecule has 0 unspecified atom stereocenters. The molecule has 1 fully saturated rings. The number of aromatic nitrogens is 2. The van der Waals surface area contributed by atoms with Gasteiger partial charge in [-0.2, -0.15) is 5.10 Å². The molecule has 1 aromatic rings. The second kappa shape index (κ2) is 3.92. The van der Waals surface area contributed by atoms with E-state index in [-0.39, 0.29) is 0 Å². The fraction of sp³-hybridized carbons (Fsp3) is 0.600. The molecule has 0 radical (unpaired) electrons. The van der Waals surface area contributed by atoms with E-state index in [1.54, 1.807) is 6.20 Å². The van der Waals surface area contributed by atoms with Crippen molar-refractivity contribution in [2.24, 2.45) is 5.92 Å². The van der Waals surface area contributed by atoms with Crippen LogP contribution in [0, 0.1) is 12.8 Å². The van der Waals surface area contributed by atoms with Gasteiger partial charge in [0.05, 0.1) is 6.20 Å². The first-order chi connectivity index (χ1) is 6.79. The maximum absolute atomic E-state index is 4.11. The Kier molecular flexibility index (Phi) is 2.63. The zero-order valence-electron chi connectivity index (χ0n) is 8.70. The molecule has 0 amide bonds. The third kappa shape index (κ3) is 1.85. The highest BCUT2D eigenvalue weighted by atomic mass is 15.3. The molecule has 0 atom stereocenters. The van der Waals surface area contributed by atoms with Crippen LogP contribution >= 0.6 is 0 Å². The molecular weight excluding hydrogens is 176 g/mol. The molecule has 1 aliphatic heterocycles. The Bertz CT molecular complexity index is 307. The van der Waals surface area contributed by atoms with Crippen molar-refractivity contribution in [2.75, 3.05) is 31.6 Å². The van der Waals surface area contributed by atoms with Gasteiger partial charge in [0.1, 0.15) is 0 Å². The lowest BCUT2D eigenvalue weighted by molar-refractivity contribution is 0.393. The summed E-state index contributed by atoms with van der Waals surface area (Å²) in [6.45, 7) is 5.33. The first-order valence-corrected chi connectivity index (χ1v) is 4.98. The normalized spacial score (nSPS) is 16.9. The molecule has 1 aromatic heterocycles. The summed E-state index contributed by atoms with van der Waals surface area (Å²) < 4.78 is 0. The van der Waals surface area contributed by atoms with Crippen LogP contribution in [0.1, 0.15) is 5.56 Å². The van der Waals surface area contributed by atoms with Gasteiger partial charge in [-0.1, -0.05) is 0 Å². The van der Waals surface area contributed by atoms with Gasteiger partial charge in [0.2, 0.25) is 0 Å². The lowest BCUT2D eigenvalue weighted by Crippen LogP contribution is -2.50. The molecule has 2 rings (SSSR count). The molecule has 2 heterocycles. The van der Waals surface area contributed by atoms with Gasteiger partial charge in [-0.25, -0.2) is 0 Å². The van der Waals surface area contributed by atoms with Crippen LogP contribution in [-0.4, -0.2) is 36.9 Å². The van der Waals surface area contributed by atoms with E-state index in [4.69, 9.17) is 0 Å². The number of anilines is 1. The van der Waals surface area contributed by atoms with Crippen molar-refractivity contribution in [2.45, 2.75) is 6.92 Å². The van der Waals surface area contributed by atoms with Crippen LogP contribution in [0.3, 0.4) is 0 Å². The Morgan fingerprint density at radius 2 is 2.36 bits per heavy atom. The van der Waals surface area contributed by atoms with Crippen molar-refractivity contribution >= 4 is 5.82 Å². The second-order valence-electron chi connectivity index (χ2n) is 3.92. The lowest BCUT2D eigenvalue weighted by Gasteiger charge is -2.39. The van der Waals surface area contributed by atoms with E-state index in [9.17, 15) is 0 Å². The number of hydrogen-bond donors (Lipinski definition) is 1. The van der Waals surface area contributed by atoms with Crippen LogP contribution < -0.4 is 10.2 Å². The smallest absolute Gasteiger partial charge is 0.151 e. The second-order valence-corrected chi connectivity index (χ2v) is 3.92. The van der Waals surface area contributed by atoms with Crippen LogP contribution in [0.4, 0.5) is 5.82 Å². The number of aryl methyl sites for hydroxylation is 1. The maximum Gasteiger partial charge on any atom is 0.151 e. The predicted octanol–water partition coefficient (Wildman–Crippen LogP) is 0.441. The molecule has 1 saturated heterocycles. The van der Waals surface area contributed by atoms with Crippen molar-refractivity contribution in [3.63, 3.8) is 0 Å². The molecule has 4 nitrogen and oxygen atoms in total. The van der Waals surface area contributed by atoms with Crippen molar-refractivity contribution in [3.8, 4) is 0 Å². The van der Waals surface area contributed by atoms with E-state index in [2.05, 4.69) is 26.5 Å². The molecule has 0 bridgehead atoms. The highest BCUT2D eigenvalue weighted by Gasteiger charge is 2.26. The van der Waals surface area contributed by atoms with Gasteiger partial charge in [0.15, 0.2) is 5.82 Å². The zero-order chi connectivity index (χ0) is 9.97. The van der Waals surface area contributed by atoms with Gasteiger partial charge in [-0.3, -0.25) is 0 Å². The highest BCUT2D eigenvalue weighted by molar-refractivity contribution is 5.42. The number of nitrogens with one attached hydrogen (secondary N) is 1. The summed E-state index contributed by atoms with van der Waals surface area (Å²) in [6, 6.07) is 2.09. The summed E-state index contributed by atoms with van der Waals surface area (Å²) in [5, 5.41) is 11.3. The first-order valence-electron chi connectivity index (χ1n) is 4.98. The molecule has 1 N–H and O–H groups in total. The topological polar surface area (TPSA) is 41.0 Å². The monoisotopic (exact) mass is 192 g/mol. The summed E-state index contributed by atoms with van der Waals surface area (Å²) in [5.41, 5.74) is 1.17. The van der Waals surface area contributed by atoms with Crippen molar-refractivity contribution in [1.29, 1.82) is 0 Å². The molecular formula is C10H16N4. The van der Waals surface area contributed by atoms with E-state index in [1.807, 2.05) is 14.0 Å². The van der Waals surface area contributed by atoms with E-state index in [1.165, 1.54) is 5.56 Å². The minimum absolute atomic E-state index is 0.766. The molecule has 0 aromatic carbocycles. The van der Waals surface area contributed by atoms with E-state index >= 15 is 0 Å². The molecule has 0 saturated carbocycles. The molecule has 76 valence electrons. The van der Waals surface area contributed by atoms with Crippen molar-refractivity contribution in [3.05, 3.63) is 17.8 Å². The van der Waals surface area contributed by atoms with Crippen molar-refractivity contribution < 1.29 is 0 Å². The number of hydrogen-bond acceptors (Lipinski definition) is 4. The Morgan fingerprint density at radius 1 is 1.57 bits per heavy atom. The molecule has 1 aliphatic rings. The largest absolute Gasteiger partial charge is 0.354 e. The number of rotatable bonds is 3. The maximum atomic E-state index is 4.11. The third-order valence-electron chi connectivity index (χ3n) is 2.55. The Morgan fingerprint density at radius 3 is 3.00 bits per heavy atom. The van der Waals surface area contributed by atoms with Gasteiger partial charge in [-0.15, -0.1) is 5.10 Å². The molecule has 14 heavy (non-hydrogen) atoms. The summed E-state index contributed by atoms with van der Waals surface area (Å²) >= 11 is 0. The van der Waals surface area contributed by atoms with Gasteiger partial charge in [0.25, 0.3) is 0 Å². The summed E-state index contributed by atoms with van der Waals surface area (Å²) in [5.74, 6) is 1.78. The summed E-state index contributed by atoms with van der Waals surface area (Å²) in [6.07, 6.45) is 1.79. The predicted molar refractivity (Wildman–Crippen MR) is 56.4 cm³/mol. The van der Waals surface area contributed by atoms with Gasteiger partial charge in [0, 0.05) is 25.6 Å². The van der Waals surface area contributed by atoms with E-state index < -0.39 is 0 Å². The Hall–Kier alpha value is -1.16. The van der Waals surface area contributed by atoms with Gasteiger partial charge >= 0.3 is 0 Å². The summed E-state index contributed by atoms with van der Waals surface area (Å²) in [4.78, 5) is 2.27. The standard InChI is InChI=1S/C10H16N4/c1-8-3-10(13-12-4-8)14-6-9(7-14)5-11-2/h3-4,9,11H,5-7H2,1-2H3. The zero-order valence-corrected chi connectivity index (χ0v) is 8.70. The van der Waals surface area contributed by atoms with Crippen molar-refractivity contribution in [1.82, 2.24) is 15.5 Å².